The van der Waals surface area contributed by atoms with Crippen LogP contribution in [-0.4, -0.2) is 54.3 Å². The number of amides is 1. The molecule has 1 heterocycles. The van der Waals surface area contributed by atoms with E-state index >= 15 is 0 Å². The lowest BCUT2D eigenvalue weighted by Gasteiger charge is -2.21. The molecule has 1 atom stereocenters. The Bertz CT molecular complexity index is 648. The van der Waals surface area contributed by atoms with Crippen LogP contribution >= 0.6 is 11.6 Å². The summed E-state index contributed by atoms with van der Waals surface area (Å²) in [4.78, 5) is 18.2. The topological polar surface area (TPSA) is 62.7 Å². The maximum Gasteiger partial charge on any atom is 0.254 e. The van der Waals surface area contributed by atoms with Gasteiger partial charge in [0.1, 0.15) is 5.15 Å². The van der Waals surface area contributed by atoms with E-state index in [-0.39, 0.29) is 24.2 Å². The minimum Gasteiger partial charge on any atom is -0.389 e. The smallest absolute Gasteiger partial charge is 0.254 e. The molecule has 0 aliphatic heterocycles. The monoisotopic (exact) mass is 308 g/mol. The van der Waals surface area contributed by atoms with E-state index in [1.807, 2.05) is 18.2 Å². The fraction of sp³-hybridized carbons (Fsp3) is 0.333. The first-order valence-corrected chi connectivity index (χ1v) is 6.88. The van der Waals surface area contributed by atoms with Crippen molar-refractivity contribution in [3.63, 3.8) is 0 Å². The summed E-state index contributed by atoms with van der Waals surface area (Å²) in [5.41, 5.74) is 1.14. The number of halogens is 1. The summed E-state index contributed by atoms with van der Waals surface area (Å²) in [5.74, 6) is -0.217. The van der Waals surface area contributed by atoms with Gasteiger partial charge in [-0.15, -0.1) is 0 Å². The number of aliphatic hydroxyl groups excluding tert-OH is 1. The van der Waals surface area contributed by atoms with Crippen LogP contribution in [0.25, 0.3) is 10.9 Å². The molecule has 6 heteroatoms. The Hall–Kier alpha value is -1.69. The van der Waals surface area contributed by atoms with Crippen molar-refractivity contribution in [1.29, 1.82) is 0 Å². The van der Waals surface area contributed by atoms with Crippen molar-refractivity contribution < 1.29 is 14.6 Å². The predicted molar refractivity (Wildman–Crippen MR) is 81.6 cm³/mol. The number of pyridine rings is 1. The van der Waals surface area contributed by atoms with Crippen LogP contribution in [0.15, 0.2) is 30.3 Å². The average molecular weight is 309 g/mol. The molecule has 0 aliphatic rings. The molecule has 0 radical (unpaired) electrons. The highest BCUT2D eigenvalue weighted by Crippen LogP contribution is 2.22. The summed E-state index contributed by atoms with van der Waals surface area (Å²) in [6.45, 7) is 0.358. The molecule has 1 amide bonds. The number of hydrogen-bond donors (Lipinski definition) is 1. The van der Waals surface area contributed by atoms with Gasteiger partial charge < -0.3 is 14.7 Å². The second-order valence-electron chi connectivity index (χ2n) is 4.80. The molecule has 21 heavy (non-hydrogen) atoms. The van der Waals surface area contributed by atoms with Crippen molar-refractivity contribution in [3.05, 3.63) is 41.0 Å². The summed E-state index contributed by atoms with van der Waals surface area (Å²) < 4.78 is 4.86. The molecule has 5 nitrogen and oxygen atoms in total. The normalized spacial score (nSPS) is 12.4. The van der Waals surface area contributed by atoms with E-state index in [2.05, 4.69) is 4.98 Å². The zero-order valence-corrected chi connectivity index (χ0v) is 12.7. The molecular formula is C15H17ClN2O3. The van der Waals surface area contributed by atoms with E-state index in [0.29, 0.717) is 11.1 Å². The van der Waals surface area contributed by atoms with Crippen LogP contribution in [0.4, 0.5) is 0 Å². The Kier molecular flexibility index (Phi) is 5.12. The average Bonchev–Trinajstić information content (AvgIpc) is 2.45. The second-order valence-corrected chi connectivity index (χ2v) is 5.19. The summed E-state index contributed by atoms with van der Waals surface area (Å²) in [5, 5.41) is 10.7. The summed E-state index contributed by atoms with van der Waals surface area (Å²) in [6, 6.07) is 8.86. The molecule has 2 rings (SSSR count). The third kappa shape index (κ3) is 3.69. The molecule has 0 saturated carbocycles. The number of carbonyl (C=O) groups excluding carboxylic acids is 1. The maximum atomic E-state index is 12.5. The molecule has 0 saturated heterocycles. The molecule has 0 bridgehead atoms. The van der Waals surface area contributed by atoms with Crippen molar-refractivity contribution >= 4 is 28.4 Å². The fourth-order valence-corrected chi connectivity index (χ4v) is 2.37. The predicted octanol–water partition coefficient (Wildman–Crippen LogP) is 1.97. The number of aromatic nitrogens is 1. The summed E-state index contributed by atoms with van der Waals surface area (Å²) >= 11 is 5.98. The van der Waals surface area contributed by atoms with Gasteiger partial charge in [0.25, 0.3) is 5.91 Å². The lowest BCUT2D eigenvalue weighted by Crippen LogP contribution is -2.36. The van der Waals surface area contributed by atoms with Gasteiger partial charge in [-0.3, -0.25) is 4.79 Å². The molecule has 0 spiro atoms. The third-order valence-electron chi connectivity index (χ3n) is 3.11. The Balaban J connectivity index is 2.30. The fourth-order valence-electron chi connectivity index (χ4n) is 2.17. The Morgan fingerprint density at radius 1 is 1.48 bits per heavy atom. The number of methoxy groups -OCH3 is 1. The van der Waals surface area contributed by atoms with Gasteiger partial charge in [-0.2, -0.15) is 0 Å². The van der Waals surface area contributed by atoms with E-state index < -0.39 is 6.10 Å². The highest BCUT2D eigenvalue weighted by Gasteiger charge is 2.18. The number of ether oxygens (including phenoxy) is 1. The Morgan fingerprint density at radius 2 is 2.19 bits per heavy atom. The van der Waals surface area contributed by atoms with E-state index in [4.69, 9.17) is 16.3 Å². The van der Waals surface area contributed by atoms with Crippen LogP contribution in [0, 0.1) is 0 Å². The lowest BCUT2D eigenvalue weighted by molar-refractivity contribution is 0.0381. The van der Waals surface area contributed by atoms with E-state index in [0.717, 1.165) is 5.39 Å². The first-order valence-electron chi connectivity index (χ1n) is 6.50. The number of carbonyl (C=O) groups is 1. The number of nitrogens with zero attached hydrogens (tertiary/aromatic N) is 2. The van der Waals surface area contributed by atoms with E-state index in [1.165, 1.54) is 12.0 Å². The van der Waals surface area contributed by atoms with Gasteiger partial charge in [-0.25, -0.2) is 4.98 Å². The number of fused-ring (bicyclic) bond motifs is 1. The third-order valence-corrected chi connectivity index (χ3v) is 3.30. The van der Waals surface area contributed by atoms with Gasteiger partial charge in [-0.05, 0) is 12.1 Å². The number of aliphatic hydroxyl groups is 1. The maximum absolute atomic E-state index is 12.5. The number of hydrogen-bond acceptors (Lipinski definition) is 4. The molecule has 1 N–H and O–H groups in total. The Labute approximate surface area is 128 Å². The zero-order chi connectivity index (χ0) is 15.4. The van der Waals surface area contributed by atoms with Crippen molar-refractivity contribution in [2.45, 2.75) is 6.10 Å². The number of rotatable bonds is 5. The minimum atomic E-state index is -0.729. The van der Waals surface area contributed by atoms with Crippen LogP contribution in [0.5, 0.6) is 0 Å². The molecule has 112 valence electrons. The summed E-state index contributed by atoms with van der Waals surface area (Å²) in [7, 11) is 3.13. The van der Waals surface area contributed by atoms with Crippen LogP contribution in [0.3, 0.4) is 0 Å². The zero-order valence-electron chi connectivity index (χ0n) is 11.9. The molecule has 1 aromatic carbocycles. The molecular weight excluding hydrogens is 292 g/mol. The molecule has 2 aromatic rings. The molecule has 1 unspecified atom stereocenters. The Morgan fingerprint density at radius 3 is 2.90 bits per heavy atom. The first kappa shape index (κ1) is 15.7. The van der Waals surface area contributed by atoms with Crippen molar-refractivity contribution in [2.24, 2.45) is 0 Å². The summed E-state index contributed by atoms with van der Waals surface area (Å²) in [6.07, 6.45) is -0.729. The van der Waals surface area contributed by atoms with E-state index in [1.54, 1.807) is 19.2 Å². The molecule has 0 fully saturated rings. The largest absolute Gasteiger partial charge is 0.389 e. The standard InChI is InChI=1S/C15H17ClN2O3/c1-18(8-10(19)9-21-2)15(20)12-7-14(16)17-13-6-4-3-5-11(12)13/h3-7,10,19H,8-9H2,1-2H3. The van der Waals surface area contributed by atoms with Crippen molar-refractivity contribution in [1.82, 2.24) is 9.88 Å². The van der Waals surface area contributed by atoms with Crippen molar-refractivity contribution in [3.8, 4) is 0 Å². The SMILES string of the molecule is COCC(O)CN(C)C(=O)c1cc(Cl)nc2ccccc12. The molecule has 1 aromatic heterocycles. The second kappa shape index (κ2) is 6.85. The van der Waals surface area contributed by atoms with Crippen LogP contribution in [0.2, 0.25) is 5.15 Å². The van der Waals surface area contributed by atoms with Gasteiger partial charge >= 0.3 is 0 Å². The number of benzene rings is 1. The lowest BCUT2D eigenvalue weighted by atomic mass is 10.1. The number of para-hydroxylation sites is 1. The van der Waals surface area contributed by atoms with Crippen LogP contribution < -0.4 is 0 Å². The van der Waals surface area contributed by atoms with Gasteiger partial charge in [0.15, 0.2) is 0 Å². The van der Waals surface area contributed by atoms with Crippen molar-refractivity contribution in [2.75, 3.05) is 27.3 Å². The minimum absolute atomic E-state index is 0.176. The highest BCUT2D eigenvalue weighted by molar-refractivity contribution is 6.30. The van der Waals surface area contributed by atoms with E-state index in [9.17, 15) is 9.90 Å². The highest BCUT2D eigenvalue weighted by atomic mass is 35.5. The van der Waals surface area contributed by atoms with Crippen LogP contribution in [0.1, 0.15) is 10.4 Å². The quantitative estimate of drug-likeness (QED) is 0.858. The molecule has 0 aliphatic carbocycles. The van der Waals surface area contributed by atoms with Gasteiger partial charge in [0.05, 0.1) is 23.8 Å². The van der Waals surface area contributed by atoms with Crippen LogP contribution in [-0.2, 0) is 4.74 Å². The van der Waals surface area contributed by atoms with Gasteiger partial charge in [0, 0.05) is 26.1 Å². The first-order chi connectivity index (χ1) is 10.0. The number of likely N-dealkylation sites (N-methyl/N-ethyl adjacent to an activating group) is 1. The van der Waals surface area contributed by atoms with Gasteiger partial charge in [-0.1, -0.05) is 29.8 Å². The van der Waals surface area contributed by atoms with Gasteiger partial charge in [0.2, 0.25) is 0 Å².